The molecule has 1 aliphatic heterocycles. The first kappa shape index (κ1) is 14.1. The zero-order chi connectivity index (χ0) is 13.0. The third-order valence-electron chi connectivity index (χ3n) is 3.63. The van der Waals surface area contributed by atoms with E-state index in [1.54, 1.807) is 0 Å². The SMILES string of the molecule is OC1(CCCc2ccc(Cl)c(Cl)c2)CCNCC1. The summed E-state index contributed by atoms with van der Waals surface area (Å²) in [4.78, 5) is 0. The lowest BCUT2D eigenvalue weighted by Gasteiger charge is -2.32. The highest BCUT2D eigenvalue weighted by Crippen LogP contribution is 2.26. The minimum Gasteiger partial charge on any atom is -0.390 e. The number of piperidine rings is 1. The zero-order valence-corrected chi connectivity index (χ0v) is 11.9. The number of hydrogen-bond acceptors (Lipinski definition) is 2. The van der Waals surface area contributed by atoms with E-state index < -0.39 is 5.60 Å². The van der Waals surface area contributed by atoms with E-state index in [9.17, 15) is 5.11 Å². The predicted octanol–water partition coefficient (Wildman–Crippen LogP) is 3.43. The fourth-order valence-electron chi connectivity index (χ4n) is 2.46. The van der Waals surface area contributed by atoms with Crippen LogP contribution in [-0.2, 0) is 6.42 Å². The topological polar surface area (TPSA) is 32.3 Å². The van der Waals surface area contributed by atoms with Crippen LogP contribution in [0.25, 0.3) is 0 Å². The summed E-state index contributed by atoms with van der Waals surface area (Å²) in [5.74, 6) is 0. The Morgan fingerprint density at radius 2 is 1.89 bits per heavy atom. The number of halogens is 2. The van der Waals surface area contributed by atoms with Crippen LogP contribution in [0.3, 0.4) is 0 Å². The zero-order valence-electron chi connectivity index (χ0n) is 10.4. The van der Waals surface area contributed by atoms with Gasteiger partial charge in [-0.15, -0.1) is 0 Å². The van der Waals surface area contributed by atoms with Gasteiger partial charge in [-0.1, -0.05) is 29.3 Å². The molecule has 4 heteroatoms. The molecule has 1 saturated heterocycles. The number of benzene rings is 1. The Morgan fingerprint density at radius 1 is 1.17 bits per heavy atom. The molecule has 0 unspecified atom stereocenters. The molecule has 100 valence electrons. The molecule has 1 aromatic carbocycles. The van der Waals surface area contributed by atoms with Crippen LogP contribution in [-0.4, -0.2) is 23.8 Å². The quantitative estimate of drug-likeness (QED) is 0.889. The minimum atomic E-state index is -0.471. The Hall–Kier alpha value is -0.280. The summed E-state index contributed by atoms with van der Waals surface area (Å²) >= 11 is 11.9. The molecule has 1 fully saturated rings. The molecule has 0 amide bonds. The monoisotopic (exact) mass is 287 g/mol. The van der Waals surface area contributed by atoms with Crippen LogP contribution in [0.15, 0.2) is 18.2 Å². The van der Waals surface area contributed by atoms with Crippen molar-refractivity contribution in [3.8, 4) is 0 Å². The van der Waals surface area contributed by atoms with E-state index >= 15 is 0 Å². The largest absolute Gasteiger partial charge is 0.390 e. The van der Waals surface area contributed by atoms with Gasteiger partial charge in [0.05, 0.1) is 15.6 Å². The summed E-state index contributed by atoms with van der Waals surface area (Å²) in [6, 6.07) is 5.75. The highest BCUT2D eigenvalue weighted by molar-refractivity contribution is 6.42. The van der Waals surface area contributed by atoms with Crippen LogP contribution in [0.5, 0.6) is 0 Å². The normalized spacial score (nSPS) is 18.8. The van der Waals surface area contributed by atoms with Crippen molar-refractivity contribution in [1.29, 1.82) is 0 Å². The van der Waals surface area contributed by atoms with E-state index in [1.165, 1.54) is 5.56 Å². The van der Waals surface area contributed by atoms with Gasteiger partial charge >= 0.3 is 0 Å². The van der Waals surface area contributed by atoms with Crippen molar-refractivity contribution in [3.05, 3.63) is 33.8 Å². The highest BCUT2D eigenvalue weighted by atomic mass is 35.5. The van der Waals surface area contributed by atoms with Gasteiger partial charge in [-0.05, 0) is 62.9 Å². The Balaban J connectivity index is 1.82. The van der Waals surface area contributed by atoms with Crippen molar-refractivity contribution in [2.45, 2.75) is 37.7 Å². The van der Waals surface area contributed by atoms with Gasteiger partial charge in [0.2, 0.25) is 0 Å². The van der Waals surface area contributed by atoms with Gasteiger partial charge in [-0.25, -0.2) is 0 Å². The lowest BCUT2D eigenvalue weighted by molar-refractivity contribution is 0.000922. The summed E-state index contributed by atoms with van der Waals surface area (Å²) < 4.78 is 0. The molecule has 1 aromatic rings. The number of aryl methyl sites for hydroxylation is 1. The molecule has 18 heavy (non-hydrogen) atoms. The summed E-state index contributed by atoms with van der Waals surface area (Å²) in [7, 11) is 0. The molecule has 1 heterocycles. The summed E-state index contributed by atoms with van der Waals surface area (Å²) in [5.41, 5.74) is 0.712. The van der Waals surface area contributed by atoms with Gasteiger partial charge in [-0.2, -0.15) is 0 Å². The maximum atomic E-state index is 10.4. The molecule has 0 atom stereocenters. The first-order chi connectivity index (χ1) is 8.59. The molecule has 0 aliphatic carbocycles. The average molecular weight is 288 g/mol. The van der Waals surface area contributed by atoms with E-state index in [4.69, 9.17) is 23.2 Å². The fourth-order valence-corrected chi connectivity index (χ4v) is 2.78. The molecule has 0 saturated carbocycles. The second kappa shape index (κ2) is 6.25. The second-order valence-corrected chi connectivity index (χ2v) is 5.89. The molecule has 0 spiro atoms. The third-order valence-corrected chi connectivity index (χ3v) is 4.36. The molecule has 2 N–H and O–H groups in total. The lowest BCUT2D eigenvalue weighted by Crippen LogP contribution is -2.41. The lowest BCUT2D eigenvalue weighted by atomic mass is 9.87. The van der Waals surface area contributed by atoms with E-state index in [-0.39, 0.29) is 0 Å². The maximum absolute atomic E-state index is 10.4. The van der Waals surface area contributed by atoms with Gasteiger partial charge in [0.1, 0.15) is 0 Å². The third kappa shape index (κ3) is 3.86. The van der Waals surface area contributed by atoms with Gasteiger partial charge in [-0.3, -0.25) is 0 Å². The van der Waals surface area contributed by atoms with Crippen LogP contribution >= 0.6 is 23.2 Å². The van der Waals surface area contributed by atoms with Gasteiger partial charge < -0.3 is 10.4 Å². The molecule has 1 aliphatic rings. The van der Waals surface area contributed by atoms with Gasteiger partial charge in [0, 0.05) is 0 Å². The molecule has 2 nitrogen and oxygen atoms in total. The minimum absolute atomic E-state index is 0.471. The van der Waals surface area contributed by atoms with Crippen molar-refractivity contribution in [2.24, 2.45) is 0 Å². The first-order valence-corrected chi connectivity index (χ1v) is 7.22. The Morgan fingerprint density at radius 3 is 2.56 bits per heavy atom. The molecule has 2 rings (SSSR count). The Kier molecular flexibility index (Phi) is 4.91. The first-order valence-electron chi connectivity index (χ1n) is 6.46. The number of nitrogens with one attached hydrogen (secondary N) is 1. The summed E-state index contributed by atoms with van der Waals surface area (Å²) in [5, 5.41) is 14.8. The van der Waals surface area contributed by atoms with Crippen LogP contribution in [0.1, 0.15) is 31.2 Å². The number of aliphatic hydroxyl groups is 1. The molecule has 0 aromatic heterocycles. The maximum Gasteiger partial charge on any atom is 0.0672 e. The average Bonchev–Trinajstić information content (AvgIpc) is 2.34. The van der Waals surface area contributed by atoms with E-state index in [1.807, 2.05) is 18.2 Å². The second-order valence-electron chi connectivity index (χ2n) is 5.08. The van der Waals surface area contributed by atoms with Crippen molar-refractivity contribution < 1.29 is 5.11 Å². The summed E-state index contributed by atoms with van der Waals surface area (Å²) in [6.07, 6.45) is 4.48. The van der Waals surface area contributed by atoms with Gasteiger partial charge in [0.25, 0.3) is 0 Å². The van der Waals surface area contributed by atoms with Crippen LogP contribution in [0.2, 0.25) is 10.0 Å². The Labute approximate surface area is 118 Å². The smallest absolute Gasteiger partial charge is 0.0672 e. The van der Waals surface area contributed by atoms with Gasteiger partial charge in [0.15, 0.2) is 0 Å². The van der Waals surface area contributed by atoms with Crippen molar-refractivity contribution in [2.75, 3.05) is 13.1 Å². The van der Waals surface area contributed by atoms with Crippen molar-refractivity contribution >= 4 is 23.2 Å². The molecular weight excluding hydrogens is 269 g/mol. The van der Waals surface area contributed by atoms with E-state index in [2.05, 4.69) is 5.32 Å². The summed E-state index contributed by atoms with van der Waals surface area (Å²) in [6.45, 7) is 1.84. The van der Waals surface area contributed by atoms with E-state index in [0.717, 1.165) is 45.2 Å². The number of rotatable bonds is 4. The standard InChI is InChI=1S/C14H19Cl2NO/c15-12-4-3-11(10-13(12)16)2-1-5-14(18)6-8-17-9-7-14/h3-4,10,17-18H,1-2,5-9H2. The molecule has 0 radical (unpaired) electrons. The predicted molar refractivity (Wildman–Crippen MR) is 76.5 cm³/mol. The van der Waals surface area contributed by atoms with Crippen molar-refractivity contribution in [1.82, 2.24) is 5.32 Å². The van der Waals surface area contributed by atoms with Crippen LogP contribution in [0, 0.1) is 0 Å². The molecule has 0 bridgehead atoms. The Bertz CT molecular complexity index is 403. The van der Waals surface area contributed by atoms with Crippen LogP contribution in [0.4, 0.5) is 0 Å². The van der Waals surface area contributed by atoms with Crippen LogP contribution < -0.4 is 5.32 Å². The van der Waals surface area contributed by atoms with Crippen molar-refractivity contribution in [3.63, 3.8) is 0 Å². The molecular formula is C14H19Cl2NO. The van der Waals surface area contributed by atoms with E-state index in [0.29, 0.717) is 10.0 Å². The number of hydrogen-bond donors (Lipinski definition) is 2. The highest BCUT2D eigenvalue weighted by Gasteiger charge is 2.28. The fraction of sp³-hybridized carbons (Fsp3) is 0.571.